The zero-order valence-electron chi connectivity index (χ0n) is 9.71. The van der Waals surface area contributed by atoms with E-state index in [9.17, 15) is 18.7 Å². The average molecular weight is 243 g/mol. The Kier molecular flexibility index (Phi) is 4.17. The molecule has 0 radical (unpaired) electrons. The number of hydrogen-bond donors (Lipinski definition) is 2. The van der Waals surface area contributed by atoms with Crippen LogP contribution >= 0.6 is 0 Å². The Morgan fingerprint density at radius 3 is 2.41 bits per heavy atom. The predicted molar refractivity (Wildman–Crippen MR) is 60.5 cm³/mol. The lowest BCUT2D eigenvalue weighted by Crippen LogP contribution is -2.15. The van der Waals surface area contributed by atoms with Crippen molar-refractivity contribution in [1.82, 2.24) is 0 Å². The number of phenols is 1. The van der Waals surface area contributed by atoms with E-state index in [1.54, 1.807) is 0 Å². The second kappa shape index (κ2) is 5.23. The summed E-state index contributed by atoms with van der Waals surface area (Å²) < 4.78 is 25.4. The van der Waals surface area contributed by atoms with Gasteiger partial charge in [-0.05, 0) is 23.6 Å². The van der Waals surface area contributed by atoms with Crippen molar-refractivity contribution in [2.24, 2.45) is 5.73 Å². The van der Waals surface area contributed by atoms with Gasteiger partial charge in [-0.25, -0.2) is 8.78 Å². The summed E-state index contributed by atoms with van der Waals surface area (Å²) in [6.45, 7) is 3.31. The van der Waals surface area contributed by atoms with Crippen molar-refractivity contribution in [1.29, 1.82) is 0 Å². The van der Waals surface area contributed by atoms with Crippen molar-refractivity contribution in [3.63, 3.8) is 0 Å². The van der Waals surface area contributed by atoms with Gasteiger partial charge in [0.2, 0.25) is 0 Å². The predicted octanol–water partition coefficient (Wildman–Crippen LogP) is 2.59. The first kappa shape index (κ1) is 13.6. The molecular formula is C12H15F2NO2. The van der Waals surface area contributed by atoms with Crippen LogP contribution in [0, 0.1) is 0 Å². The van der Waals surface area contributed by atoms with Crippen LogP contribution in [0.25, 0.3) is 0 Å². The number of carbonyl (C=O) groups is 1. The van der Waals surface area contributed by atoms with Gasteiger partial charge in [0.05, 0.1) is 17.7 Å². The molecule has 0 saturated heterocycles. The molecule has 0 aliphatic heterocycles. The summed E-state index contributed by atoms with van der Waals surface area (Å²) in [4.78, 5) is 11.5. The third-order valence-corrected chi connectivity index (χ3v) is 2.55. The Bertz CT molecular complexity index is 431. The molecule has 0 fully saturated rings. The Morgan fingerprint density at radius 1 is 1.41 bits per heavy atom. The third kappa shape index (κ3) is 2.79. The first-order valence-corrected chi connectivity index (χ1v) is 5.26. The standard InChI is InChI=1S/C12H15F2NO2/c1-6(2)7-3-8(10(16)5-15)11(17)9(4-7)12(13)14/h3-4,6,12,17H,5,15H2,1-2H3. The highest BCUT2D eigenvalue weighted by molar-refractivity contribution is 6.00. The zero-order chi connectivity index (χ0) is 13.2. The maximum atomic E-state index is 12.7. The van der Waals surface area contributed by atoms with Crippen LogP contribution in [-0.2, 0) is 0 Å². The van der Waals surface area contributed by atoms with Crippen LogP contribution in [0.3, 0.4) is 0 Å². The summed E-state index contributed by atoms with van der Waals surface area (Å²) in [5.74, 6) is -1.23. The lowest BCUT2D eigenvalue weighted by atomic mass is 9.95. The van der Waals surface area contributed by atoms with Crippen LogP contribution in [-0.4, -0.2) is 17.4 Å². The first-order valence-electron chi connectivity index (χ1n) is 5.26. The second-order valence-corrected chi connectivity index (χ2v) is 4.09. The molecule has 0 bridgehead atoms. The highest BCUT2D eigenvalue weighted by Crippen LogP contribution is 2.34. The highest BCUT2D eigenvalue weighted by atomic mass is 19.3. The summed E-state index contributed by atoms with van der Waals surface area (Å²) in [6, 6.07) is 2.64. The van der Waals surface area contributed by atoms with Gasteiger partial charge in [-0.1, -0.05) is 13.8 Å². The van der Waals surface area contributed by atoms with Gasteiger partial charge in [-0.3, -0.25) is 4.79 Å². The average Bonchev–Trinajstić information content (AvgIpc) is 2.27. The quantitative estimate of drug-likeness (QED) is 0.799. The van der Waals surface area contributed by atoms with Gasteiger partial charge >= 0.3 is 0 Å². The number of halogens is 2. The second-order valence-electron chi connectivity index (χ2n) is 4.09. The van der Waals surface area contributed by atoms with Gasteiger partial charge in [0, 0.05) is 0 Å². The molecule has 0 atom stereocenters. The van der Waals surface area contributed by atoms with Crippen LogP contribution in [0.4, 0.5) is 8.78 Å². The van der Waals surface area contributed by atoms with Crippen LogP contribution in [0.5, 0.6) is 5.75 Å². The van der Waals surface area contributed by atoms with Crippen LogP contribution in [0.1, 0.15) is 47.7 Å². The van der Waals surface area contributed by atoms with Crippen LogP contribution in [0.15, 0.2) is 12.1 Å². The summed E-state index contributed by atoms with van der Waals surface area (Å²) >= 11 is 0. The fraction of sp³-hybridized carbons (Fsp3) is 0.417. The lowest BCUT2D eigenvalue weighted by molar-refractivity contribution is 0.0997. The molecule has 0 spiro atoms. The van der Waals surface area contributed by atoms with Gasteiger partial charge in [0.15, 0.2) is 5.78 Å². The highest BCUT2D eigenvalue weighted by Gasteiger charge is 2.21. The minimum Gasteiger partial charge on any atom is -0.507 e. The minimum atomic E-state index is -2.82. The number of aromatic hydroxyl groups is 1. The monoisotopic (exact) mass is 243 g/mol. The van der Waals surface area contributed by atoms with Crippen molar-refractivity contribution in [3.05, 3.63) is 28.8 Å². The van der Waals surface area contributed by atoms with Crippen molar-refractivity contribution in [3.8, 4) is 5.75 Å². The number of rotatable bonds is 4. The molecule has 5 heteroatoms. The molecule has 0 aliphatic rings. The van der Waals surface area contributed by atoms with E-state index in [1.807, 2.05) is 13.8 Å². The molecule has 94 valence electrons. The van der Waals surface area contributed by atoms with Crippen LogP contribution in [0.2, 0.25) is 0 Å². The van der Waals surface area contributed by atoms with E-state index in [0.29, 0.717) is 5.56 Å². The van der Waals surface area contributed by atoms with Crippen molar-refractivity contribution in [2.45, 2.75) is 26.2 Å². The number of alkyl halides is 2. The summed E-state index contributed by atoms with van der Waals surface area (Å²) in [5.41, 5.74) is 5.10. The topological polar surface area (TPSA) is 63.3 Å². The van der Waals surface area contributed by atoms with E-state index in [4.69, 9.17) is 5.73 Å². The van der Waals surface area contributed by atoms with Crippen LogP contribution < -0.4 is 5.73 Å². The third-order valence-electron chi connectivity index (χ3n) is 2.55. The van der Waals surface area contributed by atoms with Crippen molar-refractivity contribution >= 4 is 5.78 Å². The zero-order valence-corrected chi connectivity index (χ0v) is 9.71. The molecule has 17 heavy (non-hydrogen) atoms. The SMILES string of the molecule is CC(C)c1cc(C(=O)CN)c(O)c(C(F)F)c1. The van der Waals surface area contributed by atoms with E-state index < -0.39 is 23.5 Å². The smallest absolute Gasteiger partial charge is 0.267 e. The first-order chi connectivity index (χ1) is 7.88. The normalized spacial score (nSPS) is 11.2. The maximum absolute atomic E-state index is 12.7. The number of Topliss-reactive ketones (excluding diaryl/α,β-unsaturated/α-hetero) is 1. The summed E-state index contributed by atoms with van der Waals surface area (Å²) in [7, 11) is 0. The molecule has 1 aromatic carbocycles. The number of ketones is 1. The molecule has 3 N–H and O–H groups in total. The summed E-state index contributed by atoms with van der Waals surface area (Å²) in [5, 5.41) is 9.61. The van der Waals surface area contributed by atoms with Crippen molar-refractivity contribution in [2.75, 3.05) is 6.54 Å². The Morgan fingerprint density at radius 2 is 2.00 bits per heavy atom. The maximum Gasteiger partial charge on any atom is 0.267 e. The fourth-order valence-corrected chi connectivity index (χ4v) is 1.50. The molecule has 1 rings (SSSR count). The van der Waals surface area contributed by atoms with E-state index >= 15 is 0 Å². The van der Waals surface area contributed by atoms with E-state index in [1.165, 1.54) is 12.1 Å². The molecular weight excluding hydrogens is 228 g/mol. The van der Waals surface area contributed by atoms with Crippen molar-refractivity contribution < 1.29 is 18.7 Å². The number of benzene rings is 1. The van der Waals surface area contributed by atoms with E-state index in [0.717, 1.165) is 0 Å². The molecule has 1 aromatic rings. The molecule has 0 unspecified atom stereocenters. The number of hydrogen-bond acceptors (Lipinski definition) is 3. The lowest BCUT2D eigenvalue weighted by Gasteiger charge is -2.13. The molecule has 0 saturated carbocycles. The number of phenolic OH excluding ortho intramolecular Hbond substituents is 1. The minimum absolute atomic E-state index is 0.0163. The van der Waals surface area contributed by atoms with Gasteiger partial charge in [-0.2, -0.15) is 0 Å². The Balaban J connectivity index is 3.43. The largest absolute Gasteiger partial charge is 0.507 e. The van der Waals surface area contributed by atoms with Gasteiger partial charge in [0.25, 0.3) is 6.43 Å². The Labute approximate surface area is 98.2 Å². The summed E-state index contributed by atoms with van der Waals surface area (Å²) in [6.07, 6.45) is -2.82. The number of nitrogens with two attached hydrogens (primary N) is 1. The van der Waals surface area contributed by atoms with E-state index in [-0.39, 0.29) is 18.0 Å². The Hall–Kier alpha value is -1.49. The van der Waals surface area contributed by atoms with E-state index in [2.05, 4.69) is 0 Å². The van der Waals surface area contributed by atoms with Gasteiger partial charge in [0.1, 0.15) is 5.75 Å². The molecule has 3 nitrogen and oxygen atoms in total. The fourth-order valence-electron chi connectivity index (χ4n) is 1.50. The molecule has 0 aliphatic carbocycles. The molecule has 0 aromatic heterocycles. The number of carbonyl (C=O) groups excluding carboxylic acids is 1. The van der Waals surface area contributed by atoms with Gasteiger partial charge < -0.3 is 10.8 Å². The molecule has 0 heterocycles. The molecule has 0 amide bonds. The van der Waals surface area contributed by atoms with Gasteiger partial charge in [-0.15, -0.1) is 0 Å².